The molecule has 2 aliphatic carbocycles. The van der Waals surface area contributed by atoms with Crippen LogP contribution in [-0.2, 0) is 16.1 Å². The third kappa shape index (κ3) is 4.99. The first kappa shape index (κ1) is 23.2. The van der Waals surface area contributed by atoms with Crippen LogP contribution in [0.15, 0.2) is 22.3 Å². The number of thiophene rings is 1. The van der Waals surface area contributed by atoms with Crippen LogP contribution in [0.5, 0.6) is 0 Å². The minimum Gasteiger partial charge on any atom is -0.352 e. The molecule has 2 saturated carbocycles. The van der Waals surface area contributed by atoms with Crippen LogP contribution in [0.2, 0.25) is 0 Å². The molecule has 0 radical (unpaired) electrons. The third-order valence-corrected chi connectivity index (χ3v) is 8.75. The highest BCUT2D eigenvalue weighted by molar-refractivity contribution is 7.11. The number of Topliss-reactive ketones (excluding diaryl/α,β-unsaturated/α-hetero) is 1. The topological polar surface area (TPSA) is 68.2 Å². The van der Waals surface area contributed by atoms with E-state index in [1.54, 1.807) is 11.3 Å². The molecule has 2 aromatic heterocycles. The van der Waals surface area contributed by atoms with Crippen molar-refractivity contribution in [1.29, 1.82) is 0 Å². The molecule has 0 saturated heterocycles. The second-order valence-corrected chi connectivity index (χ2v) is 12.4. The summed E-state index contributed by atoms with van der Waals surface area (Å²) in [5, 5.41) is 5.10. The molecule has 4 atom stereocenters. The number of carbonyl (C=O) groups is 2. The van der Waals surface area contributed by atoms with Gasteiger partial charge in [-0.05, 0) is 61.5 Å². The number of fused-ring (bicyclic) bond motifs is 2. The molecule has 1 N–H and O–H groups in total. The highest BCUT2D eigenvalue weighted by Crippen LogP contribution is 2.49. The lowest BCUT2D eigenvalue weighted by Gasteiger charge is -2.28. The van der Waals surface area contributed by atoms with Crippen LogP contribution in [0.3, 0.4) is 0 Å². The predicted molar refractivity (Wildman–Crippen MR) is 131 cm³/mol. The Kier molecular flexibility index (Phi) is 6.59. The normalized spacial score (nSPS) is 24.8. The van der Waals surface area contributed by atoms with Crippen LogP contribution >= 0.6 is 22.7 Å². The molecular weight excluding hydrogens is 440 g/mol. The summed E-state index contributed by atoms with van der Waals surface area (Å²) in [7, 11) is 0. The first-order chi connectivity index (χ1) is 15.1. The van der Waals surface area contributed by atoms with Crippen molar-refractivity contribution >= 4 is 46.5 Å². The number of nitrogens with zero attached hydrogens (tertiary/aromatic N) is 1. The van der Waals surface area contributed by atoms with Gasteiger partial charge in [0.25, 0.3) is 5.56 Å². The second-order valence-electron chi connectivity index (χ2n) is 10.3. The Hall–Kier alpha value is -1.99. The Morgan fingerprint density at radius 1 is 1.28 bits per heavy atom. The van der Waals surface area contributed by atoms with E-state index in [0.717, 1.165) is 16.7 Å². The molecule has 7 heteroatoms. The lowest BCUT2D eigenvalue weighted by molar-refractivity contribution is -0.123. The number of amides is 1. The average molecular weight is 473 g/mol. The molecule has 0 aliphatic heterocycles. The lowest BCUT2D eigenvalue weighted by Crippen LogP contribution is -2.44. The molecule has 2 aliphatic rings. The van der Waals surface area contributed by atoms with Gasteiger partial charge in [-0.1, -0.05) is 33.3 Å². The van der Waals surface area contributed by atoms with Crippen molar-refractivity contribution in [3.63, 3.8) is 0 Å². The Morgan fingerprint density at radius 2 is 2.06 bits per heavy atom. The fraction of sp³-hybridized carbons (Fsp3) is 0.560. The van der Waals surface area contributed by atoms with Crippen molar-refractivity contribution < 1.29 is 9.59 Å². The molecule has 32 heavy (non-hydrogen) atoms. The monoisotopic (exact) mass is 472 g/mol. The number of rotatable bonds is 6. The van der Waals surface area contributed by atoms with Crippen LogP contribution in [0.4, 0.5) is 0 Å². The quantitative estimate of drug-likeness (QED) is 0.702. The minimum atomic E-state index is -0.555. The summed E-state index contributed by atoms with van der Waals surface area (Å²) >= 11 is 2.82. The van der Waals surface area contributed by atoms with Crippen LogP contribution in [0.1, 0.15) is 58.3 Å². The highest BCUT2D eigenvalue weighted by Gasteiger charge is 2.42. The second kappa shape index (κ2) is 9.10. The van der Waals surface area contributed by atoms with E-state index < -0.39 is 5.41 Å². The number of ketones is 1. The summed E-state index contributed by atoms with van der Waals surface area (Å²) in [6, 6.07) is 3.98. The van der Waals surface area contributed by atoms with Crippen LogP contribution in [0.25, 0.3) is 12.2 Å². The number of hydrogen-bond donors (Lipinski definition) is 1. The van der Waals surface area contributed by atoms with Crippen LogP contribution in [-0.4, -0.2) is 22.3 Å². The third-order valence-electron chi connectivity index (χ3n) is 6.87. The number of nitrogens with one attached hydrogen (secondary N) is 1. The van der Waals surface area contributed by atoms with Gasteiger partial charge in [0.05, 0.1) is 4.53 Å². The Bertz CT molecular complexity index is 1170. The molecule has 4 rings (SSSR count). The van der Waals surface area contributed by atoms with E-state index in [-0.39, 0.29) is 29.8 Å². The lowest BCUT2D eigenvalue weighted by atomic mass is 9.84. The Labute approximate surface area is 196 Å². The predicted octanol–water partition coefficient (Wildman–Crippen LogP) is 3.14. The number of hydrogen-bond acceptors (Lipinski definition) is 5. The molecular formula is C25H32N2O3S2. The van der Waals surface area contributed by atoms with E-state index in [9.17, 15) is 14.4 Å². The van der Waals surface area contributed by atoms with E-state index in [1.165, 1.54) is 47.7 Å². The van der Waals surface area contributed by atoms with Gasteiger partial charge in [-0.25, -0.2) is 0 Å². The van der Waals surface area contributed by atoms with Gasteiger partial charge >= 0.3 is 0 Å². The van der Waals surface area contributed by atoms with Gasteiger partial charge in [0.15, 0.2) is 5.78 Å². The van der Waals surface area contributed by atoms with E-state index in [2.05, 4.69) is 12.2 Å². The minimum absolute atomic E-state index is 0.0640. The smallest absolute Gasteiger partial charge is 0.269 e. The fourth-order valence-electron chi connectivity index (χ4n) is 5.08. The summed E-state index contributed by atoms with van der Waals surface area (Å²) in [6.07, 6.45) is 8.45. The molecule has 2 heterocycles. The van der Waals surface area contributed by atoms with E-state index in [0.29, 0.717) is 15.1 Å². The molecule has 1 amide bonds. The maximum Gasteiger partial charge on any atom is 0.269 e. The SMILES string of the molecule is CC(NC(=O)Cn1c(=O)/c(=C/c2cccs2)s/c1=C/C(=O)C(C)(C)C)C1CC2CCC1C2. The zero-order chi connectivity index (χ0) is 23.0. The van der Waals surface area contributed by atoms with Crippen LogP contribution in [0, 0.1) is 23.2 Å². The maximum absolute atomic E-state index is 13.2. The van der Waals surface area contributed by atoms with E-state index >= 15 is 0 Å². The molecule has 2 fully saturated rings. The summed E-state index contributed by atoms with van der Waals surface area (Å²) in [5.41, 5.74) is -0.778. The largest absolute Gasteiger partial charge is 0.352 e. The van der Waals surface area contributed by atoms with Crippen molar-refractivity contribution in [2.24, 2.45) is 23.2 Å². The van der Waals surface area contributed by atoms with Gasteiger partial charge in [-0.2, -0.15) is 0 Å². The standard InChI is InChI=1S/C25H32N2O3S2/c1-15(19-11-16-7-8-17(19)10-16)26-22(29)14-27-23(13-21(28)25(2,3)4)32-20(24(27)30)12-18-6-5-9-31-18/h5-6,9,12-13,15-17,19H,7-8,10-11,14H2,1-4H3,(H,26,29)/b20-12-,23-13+. The van der Waals surface area contributed by atoms with Crippen LogP contribution < -0.4 is 20.1 Å². The van der Waals surface area contributed by atoms with Crippen molar-refractivity contribution in [2.75, 3.05) is 0 Å². The Morgan fingerprint density at radius 3 is 2.66 bits per heavy atom. The Balaban J connectivity index is 1.60. The fourth-order valence-corrected chi connectivity index (χ4v) is 6.84. The van der Waals surface area contributed by atoms with E-state index in [4.69, 9.17) is 0 Å². The van der Waals surface area contributed by atoms with Gasteiger partial charge in [0.1, 0.15) is 11.2 Å². The molecule has 172 valence electrons. The zero-order valence-corrected chi connectivity index (χ0v) is 20.9. The van der Waals surface area contributed by atoms with Gasteiger partial charge in [0.2, 0.25) is 5.91 Å². The molecule has 5 nitrogen and oxygen atoms in total. The number of thiazole rings is 1. The number of carbonyl (C=O) groups excluding carboxylic acids is 2. The van der Waals surface area contributed by atoms with E-state index in [1.807, 2.05) is 44.4 Å². The molecule has 0 aromatic carbocycles. The molecule has 2 aromatic rings. The summed E-state index contributed by atoms with van der Waals surface area (Å²) in [4.78, 5) is 39.7. The van der Waals surface area contributed by atoms with Gasteiger partial charge < -0.3 is 5.32 Å². The van der Waals surface area contributed by atoms with Gasteiger partial charge in [-0.15, -0.1) is 22.7 Å². The highest BCUT2D eigenvalue weighted by atomic mass is 32.1. The molecule has 4 unspecified atom stereocenters. The number of aromatic nitrogens is 1. The summed E-state index contributed by atoms with van der Waals surface area (Å²) < 4.78 is 2.52. The zero-order valence-electron chi connectivity index (χ0n) is 19.2. The summed E-state index contributed by atoms with van der Waals surface area (Å²) in [5.74, 6) is 1.85. The van der Waals surface area contributed by atoms with Crippen molar-refractivity contribution in [1.82, 2.24) is 9.88 Å². The van der Waals surface area contributed by atoms with Gasteiger partial charge in [0, 0.05) is 22.4 Å². The van der Waals surface area contributed by atoms with Crippen molar-refractivity contribution in [3.8, 4) is 0 Å². The van der Waals surface area contributed by atoms with Crippen molar-refractivity contribution in [2.45, 2.75) is 66.0 Å². The first-order valence-electron chi connectivity index (χ1n) is 11.4. The molecule has 0 spiro atoms. The summed E-state index contributed by atoms with van der Waals surface area (Å²) in [6.45, 7) is 7.58. The van der Waals surface area contributed by atoms with Gasteiger partial charge in [-0.3, -0.25) is 19.0 Å². The van der Waals surface area contributed by atoms with Crippen molar-refractivity contribution in [3.05, 3.63) is 41.9 Å². The first-order valence-corrected chi connectivity index (χ1v) is 13.1. The molecule has 2 bridgehead atoms. The average Bonchev–Trinajstić information content (AvgIpc) is 3.50. The maximum atomic E-state index is 13.2.